The number of piperidine rings is 2. The molecule has 30 heavy (non-hydrogen) atoms. The fourth-order valence-electron chi connectivity index (χ4n) is 5.28. The Morgan fingerprint density at radius 3 is 1.63 bits per heavy atom. The van der Waals surface area contributed by atoms with E-state index < -0.39 is 10.8 Å². The molecule has 156 valence electrons. The van der Waals surface area contributed by atoms with E-state index >= 15 is 0 Å². The number of hydrogen-bond acceptors (Lipinski definition) is 3. The van der Waals surface area contributed by atoms with Crippen LogP contribution >= 0.6 is 0 Å². The van der Waals surface area contributed by atoms with E-state index in [4.69, 9.17) is 0 Å². The summed E-state index contributed by atoms with van der Waals surface area (Å²) >= 11 is 0. The van der Waals surface area contributed by atoms with Crippen molar-refractivity contribution in [2.75, 3.05) is 26.2 Å². The third-order valence-corrected chi connectivity index (χ3v) is 6.44. The zero-order valence-electron chi connectivity index (χ0n) is 17.6. The molecule has 0 aromatic heterocycles. The number of carbonyl (C=O) groups is 3. The quantitative estimate of drug-likeness (QED) is 0.781. The van der Waals surface area contributed by atoms with E-state index in [0.717, 1.165) is 6.42 Å². The summed E-state index contributed by atoms with van der Waals surface area (Å²) in [5.74, 6) is 0.112. The molecule has 0 unspecified atom stereocenters. The molecule has 2 amide bonds. The van der Waals surface area contributed by atoms with Crippen molar-refractivity contribution in [3.8, 4) is 0 Å². The fraction of sp³-hybridized carbons (Fsp3) is 0.400. The fourth-order valence-corrected chi connectivity index (χ4v) is 5.28. The van der Waals surface area contributed by atoms with Crippen LogP contribution in [0.1, 0.15) is 47.4 Å². The van der Waals surface area contributed by atoms with E-state index in [-0.39, 0.29) is 17.6 Å². The Hall–Kier alpha value is -2.95. The van der Waals surface area contributed by atoms with Crippen LogP contribution < -0.4 is 0 Å². The van der Waals surface area contributed by atoms with Crippen molar-refractivity contribution in [3.63, 3.8) is 0 Å². The highest BCUT2D eigenvalue weighted by atomic mass is 16.2. The number of rotatable bonds is 4. The van der Waals surface area contributed by atoms with Gasteiger partial charge in [0.05, 0.1) is 10.8 Å². The van der Waals surface area contributed by atoms with Crippen LogP contribution in [0.4, 0.5) is 0 Å². The molecule has 2 aromatic rings. The average molecular weight is 405 g/mol. The van der Waals surface area contributed by atoms with Crippen molar-refractivity contribution in [2.45, 2.75) is 26.7 Å². The van der Waals surface area contributed by atoms with Gasteiger partial charge in [0.25, 0.3) is 11.8 Å². The van der Waals surface area contributed by atoms with Crippen molar-refractivity contribution in [1.29, 1.82) is 0 Å². The second kappa shape index (κ2) is 7.71. The van der Waals surface area contributed by atoms with Crippen molar-refractivity contribution in [3.05, 3.63) is 71.8 Å². The van der Waals surface area contributed by atoms with Gasteiger partial charge in [-0.1, -0.05) is 49.7 Å². The summed E-state index contributed by atoms with van der Waals surface area (Å²) in [6.07, 6.45) is 1.49. The molecular formula is C25H28N2O3. The van der Waals surface area contributed by atoms with Crippen LogP contribution in [-0.4, -0.2) is 53.6 Å². The van der Waals surface area contributed by atoms with E-state index in [1.165, 1.54) is 0 Å². The smallest absolute Gasteiger partial charge is 0.253 e. The zero-order chi connectivity index (χ0) is 21.4. The Morgan fingerprint density at radius 2 is 1.23 bits per heavy atom. The largest absolute Gasteiger partial charge is 0.337 e. The monoisotopic (exact) mass is 404 g/mol. The van der Waals surface area contributed by atoms with E-state index in [2.05, 4.69) is 6.92 Å². The predicted octanol–water partition coefficient (Wildman–Crippen LogP) is 3.66. The van der Waals surface area contributed by atoms with Gasteiger partial charge < -0.3 is 9.80 Å². The van der Waals surface area contributed by atoms with Crippen LogP contribution in [0.5, 0.6) is 0 Å². The first kappa shape index (κ1) is 20.3. The van der Waals surface area contributed by atoms with Crippen LogP contribution in [0, 0.1) is 10.8 Å². The predicted molar refractivity (Wildman–Crippen MR) is 115 cm³/mol. The van der Waals surface area contributed by atoms with Gasteiger partial charge >= 0.3 is 0 Å². The summed E-state index contributed by atoms with van der Waals surface area (Å²) in [5, 5.41) is 0. The first-order valence-electron chi connectivity index (χ1n) is 10.6. The van der Waals surface area contributed by atoms with E-state index in [9.17, 15) is 14.4 Å². The highest BCUT2D eigenvalue weighted by Crippen LogP contribution is 2.45. The lowest BCUT2D eigenvalue weighted by Gasteiger charge is -2.56. The lowest BCUT2D eigenvalue weighted by atomic mass is 9.61. The van der Waals surface area contributed by atoms with E-state index in [0.29, 0.717) is 43.7 Å². The molecule has 0 saturated carbocycles. The topological polar surface area (TPSA) is 57.7 Å². The van der Waals surface area contributed by atoms with Crippen LogP contribution in [0.25, 0.3) is 0 Å². The Morgan fingerprint density at radius 1 is 0.800 bits per heavy atom. The summed E-state index contributed by atoms with van der Waals surface area (Å²) in [6.45, 7) is 5.36. The molecule has 2 aromatic carbocycles. The van der Waals surface area contributed by atoms with Crippen molar-refractivity contribution in [2.24, 2.45) is 10.8 Å². The van der Waals surface area contributed by atoms with Crippen LogP contribution in [-0.2, 0) is 4.79 Å². The summed E-state index contributed by atoms with van der Waals surface area (Å²) in [5.41, 5.74) is -0.204. The second-order valence-electron chi connectivity index (χ2n) is 8.97. The first-order chi connectivity index (χ1) is 14.4. The standard InChI is InChI=1S/C25H28N2O3/c1-3-14-25-17-26(21(28)19-10-6-4-7-11-19)15-24(2,23(25)30)16-27(18-25)22(29)20-12-8-5-9-13-20/h4-13H,3,14-18H2,1-2H3. The number of Topliss-reactive ketones (excluding diaryl/α,β-unsaturated/α-hetero) is 1. The van der Waals surface area contributed by atoms with Gasteiger partial charge in [-0.2, -0.15) is 0 Å². The molecule has 2 bridgehead atoms. The number of carbonyl (C=O) groups excluding carboxylic acids is 3. The summed E-state index contributed by atoms with van der Waals surface area (Å²) in [7, 11) is 0. The Balaban J connectivity index is 1.67. The van der Waals surface area contributed by atoms with Gasteiger partial charge in [-0.15, -0.1) is 0 Å². The molecule has 4 rings (SSSR count). The molecule has 2 heterocycles. The molecule has 0 aliphatic carbocycles. The van der Waals surface area contributed by atoms with Gasteiger partial charge in [0, 0.05) is 37.3 Å². The summed E-state index contributed by atoms with van der Waals surface area (Å²) < 4.78 is 0. The van der Waals surface area contributed by atoms with E-state index in [1.54, 1.807) is 0 Å². The van der Waals surface area contributed by atoms with Gasteiger partial charge in [-0.05, 0) is 37.6 Å². The normalized spacial score (nSPS) is 25.9. The third-order valence-electron chi connectivity index (χ3n) is 6.44. The molecule has 5 nitrogen and oxygen atoms in total. The number of benzene rings is 2. The SMILES string of the molecule is CCCC12CN(C(=O)c3ccccc3)CC(C)(CN(C(=O)c3ccccc3)C1)C2=O. The molecule has 2 fully saturated rings. The lowest BCUT2D eigenvalue weighted by molar-refractivity contribution is -0.155. The Bertz CT molecular complexity index is 891. The number of likely N-dealkylation sites (tertiary alicyclic amines) is 2. The summed E-state index contributed by atoms with van der Waals surface area (Å²) in [4.78, 5) is 43.6. The molecule has 0 radical (unpaired) electrons. The third kappa shape index (κ3) is 3.42. The molecule has 2 aliphatic heterocycles. The molecule has 0 N–H and O–H groups in total. The van der Waals surface area contributed by atoms with Gasteiger partial charge in [0.15, 0.2) is 5.78 Å². The number of amides is 2. The minimum atomic E-state index is -0.763. The number of fused-ring (bicyclic) bond motifs is 2. The van der Waals surface area contributed by atoms with Gasteiger partial charge in [0.1, 0.15) is 0 Å². The highest BCUT2D eigenvalue weighted by Gasteiger charge is 2.59. The van der Waals surface area contributed by atoms with Crippen molar-refractivity contribution in [1.82, 2.24) is 9.80 Å². The van der Waals surface area contributed by atoms with E-state index in [1.807, 2.05) is 77.4 Å². The van der Waals surface area contributed by atoms with Gasteiger partial charge in [-0.25, -0.2) is 0 Å². The summed E-state index contributed by atoms with van der Waals surface area (Å²) in [6, 6.07) is 18.4. The maximum absolute atomic E-state index is 13.6. The first-order valence-corrected chi connectivity index (χ1v) is 10.6. The minimum Gasteiger partial charge on any atom is -0.337 e. The molecule has 5 heteroatoms. The van der Waals surface area contributed by atoms with Gasteiger partial charge in [-0.3, -0.25) is 14.4 Å². The molecule has 2 saturated heterocycles. The molecule has 0 atom stereocenters. The average Bonchev–Trinajstić information content (AvgIpc) is 2.76. The molecule has 2 aliphatic rings. The van der Waals surface area contributed by atoms with Crippen molar-refractivity contribution < 1.29 is 14.4 Å². The molecular weight excluding hydrogens is 376 g/mol. The Kier molecular flexibility index (Phi) is 5.22. The maximum Gasteiger partial charge on any atom is 0.253 e. The Labute approximate surface area is 177 Å². The van der Waals surface area contributed by atoms with Crippen LogP contribution in [0.2, 0.25) is 0 Å². The molecule has 0 spiro atoms. The zero-order valence-corrected chi connectivity index (χ0v) is 17.6. The van der Waals surface area contributed by atoms with Crippen LogP contribution in [0.3, 0.4) is 0 Å². The van der Waals surface area contributed by atoms with Gasteiger partial charge in [0.2, 0.25) is 0 Å². The van der Waals surface area contributed by atoms with Crippen molar-refractivity contribution >= 4 is 17.6 Å². The number of ketones is 1. The number of nitrogens with zero attached hydrogens (tertiary/aromatic N) is 2. The van der Waals surface area contributed by atoms with Crippen LogP contribution in [0.15, 0.2) is 60.7 Å². The number of hydrogen-bond donors (Lipinski definition) is 0. The minimum absolute atomic E-state index is 0.0439. The second-order valence-corrected chi connectivity index (χ2v) is 8.97. The highest BCUT2D eigenvalue weighted by molar-refractivity contribution is 6.01. The maximum atomic E-state index is 13.6. The lowest BCUT2D eigenvalue weighted by Crippen LogP contribution is -2.70.